The number of benzene rings is 4. The van der Waals surface area contributed by atoms with E-state index in [-0.39, 0.29) is 17.9 Å². The van der Waals surface area contributed by atoms with Crippen LogP contribution in [0.3, 0.4) is 0 Å². The van der Waals surface area contributed by atoms with E-state index in [1.807, 2.05) is 18.3 Å². The molecule has 0 saturated carbocycles. The average molecular weight is 487 g/mol. The molecule has 4 nitrogen and oxygen atoms in total. The van der Waals surface area contributed by atoms with Crippen LogP contribution >= 0.6 is 0 Å². The maximum absolute atomic E-state index is 10.4. The molecule has 2 bridgehead atoms. The molecule has 0 aliphatic carbocycles. The fourth-order valence-corrected chi connectivity index (χ4v) is 6.70. The third-order valence-corrected chi connectivity index (χ3v) is 8.57. The van der Waals surface area contributed by atoms with E-state index >= 15 is 0 Å². The highest BCUT2D eigenvalue weighted by atomic mass is 16.5. The second kappa shape index (κ2) is 8.89. The molecule has 3 saturated heterocycles. The standard InChI is InChI=1S/C33H30N2O2/c1-2-21-20-35-17-15-23(21)18-31(35)33(28-14-16-34-30-13-11-24(36)19-29(28)30)37-32-9-5-8-26-25-7-4-3-6-22(25)10-12-27(26)32/h2-14,16,19,21,23,31,33,36H,1,15,17-18,20H2/t21-,23-,31-,33-/m0/s1. The SMILES string of the molecule is C=C[C@H]1CN2CC[C@H]1C[C@H]2[C@@H](Oc1cccc2c1ccc1ccccc12)c1ccnc2ccc(O)cc12. The second-order valence-electron chi connectivity index (χ2n) is 10.5. The van der Waals surface area contributed by atoms with Crippen LogP contribution in [0.25, 0.3) is 32.4 Å². The molecule has 5 atom stereocenters. The van der Waals surface area contributed by atoms with Crippen molar-refractivity contribution in [2.75, 3.05) is 13.1 Å². The molecule has 3 aliphatic rings. The third-order valence-electron chi connectivity index (χ3n) is 8.57. The Morgan fingerprint density at radius 3 is 2.70 bits per heavy atom. The summed E-state index contributed by atoms with van der Waals surface area (Å²) in [5, 5.41) is 16.1. The summed E-state index contributed by atoms with van der Waals surface area (Å²) in [5.74, 6) is 2.29. The van der Waals surface area contributed by atoms with Crippen molar-refractivity contribution < 1.29 is 9.84 Å². The molecule has 1 aromatic heterocycles. The van der Waals surface area contributed by atoms with Crippen LogP contribution in [0.2, 0.25) is 0 Å². The fraction of sp³-hybridized carbons (Fsp3) is 0.242. The Hall–Kier alpha value is -3.89. The Morgan fingerprint density at radius 2 is 1.84 bits per heavy atom. The van der Waals surface area contributed by atoms with Gasteiger partial charge in [0.25, 0.3) is 0 Å². The van der Waals surface area contributed by atoms with Crippen LogP contribution in [-0.4, -0.2) is 34.1 Å². The lowest BCUT2D eigenvalue weighted by Gasteiger charge is -2.51. The summed E-state index contributed by atoms with van der Waals surface area (Å²) < 4.78 is 7.09. The van der Waals surface area contributed by atoms with Gasteiger partial charge in [0.15, 0.2) is 0 Å². The smallest absolute Gasteiger partial charge is 0.140 e. The number of ether oxygens (including phenoxy) is 1. The second-order valence-corrected chi connectivity index (χ2v) is 10.5. The molecule has 3 fully saturated rings. The van der Waals surface area contributed by atoms with Crippen molar-refractivity contribution in [1.29, 1.82) is 0 Å². The minimum atomic E-state index is -0.196. The number of phenolic OH excluding ortho intramolecular Hbond substituents is 1. The van der Waals surface area contributed by atoms with E-state index < -0.39 is 0 Å². The molecule has 4 heterocycles. The van der Waals surface area contributed by atoms with Gasteiger partial charge in [-0.05, 0) is 77.7 Å². The molecule has 0 radical (unpaired) electrons. The Labute approximate surface area is 216 Å². The maximum atomic E-state index is 10.4. The first-order valence-electron chi connectivity index (χ1n) is 13.2. The van der Waals surface area contributed by atoms with Crippen LogP contribution in [0.15, 0.2) is 97.7 Å². The number of phenols is 1. The molecule has 5 aromatic rings. The monoisotopic (exact) mass is 486 g/mol. The molecular weight excluding hydrogens is 456 g/mol. The molecule has 4 aromatic carbocycles. The molecule has 0 amide bonds. The number of hydrogen-bond acceptors (Lipinski definition) is 4. The van der Waals surface area contributed by atoms with Crippen molar-refractivity contribution in [3.8, 4) is 11.5 Å². The average Bonchev–Trinajstić information content (AvgIpc) is 2.95. The first-order valence-corrected chi connectivity index (χ1v) is 13.2. The highest BCUT2D eigenvalue weighted by Gasteiger charge is 2.44. The number of rotatable bonds is 5. The van der Waals surface area contributed by atoms with E-state index in [0.717, 1.165) is 47.1 Å². The van der Waals surface area contributed by atoms with Crippen molar-refractivity contribution in [3.63, 3.8) is 0 Å². The van der Waals surface area contributed by atoms with Crippen LogP contribution in [-0.2, 0) is 0 Å². The zero-order valence-corrected chi connectivity index (χ0v) is 20.8. The van der Waals surface area contributed by atoms with Crippen LogP contribution in [0, 0.1) is 11.8 Å². The first kappa shape index (κ1) is 22.3. The van der Waals surface area contributed by atoms with Gasteiger partial charge in [-0.2, -0.15) is 0 Å². The maximum Gasteiger partial charge on any atom is 0.140 e. The molecule has 0 spiro atoms. The van der Waals surface area contributed by atoms with Gasteiger partial charge in [-0.3, -0.25) is 9.88 Å². The van der Waals surface area contributed by atoms with Gasteiger partial charge < -0.3 is 9.84 Å². The summed E-state index contributed by atoms with van der Waals surface area (Å²) in [6.07, 6.45) is 6.08. The Bertz CT molecular complexity index is 1640. The number of aromatic hydroxyl groups is 1. The largest absolute Gasteiger partial charge is 0.508 e. The summed E-state index contributed by atoms with van der Waals surface area (Å²) >= 11 is 0. The lowest BCUT2D eigenvalue weighted by atomic mass is 9.73. The molecular formula is C33H30N2O2. The topological polar surface area (TPSA) is 45.6 Å². The molecule has 3 aliphatic heterocycles. The summed E-state index contributed by atoms with van der Waals surface area (Å²) in [6.45, 7) is 6.21. The normalized spacial score (nSPS) is 23.9. The lowest BCUT2D eigenvalue weighted by molar-refractivity contribution is -0.0353. The first-order chi connectivity index (χ1) is 18.2. The highest BCUT2D eigenvalue weighted by Crippen LogP contribution is 2.45. The summed E-state index contributed by atoms with van der Waals surface area (Å²) in [7, 11) is 0. The van der Waals surface area contributed by atoms with E-state index in [2.05, 4.69) is 83.2 Å². The number of nitrogens with zero attached hydrogens (tertiary/aromatic N) is 2. The number of piperidine rings is 3. The predicted molar refractivity (Wildman–Crippen MR) is 150 cm³/mol. The van der Waals surface area contributed by atoms with E-state index in [0.29, 0.717) is 11.8 Å². The van der Waals surface area contributed by atoms with Crippen molar-refractivity contribution in [1.82, 2.24) is 9.88 Å². The molecule has 8 rings (SSSR count). The van der Waals surface area contributed by atoms with Gasteiger partial charge in [0, 0.05) is 29.1 Å². The third kappa shape index (κ3) is 3.75. The number of pyridine rings is 1. The van der Waals surface area contributed by atoms with Crippen molar-refractivity contribution >= 4 is 32.4 Å². The van der Waals surface area contributed by atoms with Gasteiger partial charge in [-0.15, -0.1) is 6.58 Å². The van der Waals surface area contributed by atoms with Crippen LogP contribution in [0.4, 0.5) is 0 Å². The summed E-state index contributed by atoms with van der Waals surface area (Å²) in [4.78, 5) is 7.17. The Balaban J connectivity index is 1.38. The van der Waals surface area contributed by atoms with Crippen molar-refractivity contribution in [2.24, 2.45) is 11.8 Å². The Morgan fingerprint density at radius 1 is 0.946 bits per heavy atom. The van der Waals surface area contributed by atoms with Gasteiger partial charge in [0.05, 0.1) is 11.6 Å². The summed E-state index contributed by atoms with van der Waals surface area (Å²) in [6, 6.07) is 27.0. The van der Waals surface area contributed by atoms with E-state index in [1.54, 1.807) is 6.07 Å². The van der Waals surface area contributed by atoms with Crippen LogP contribution < -0.4 is 4.74 Å². The quantitative estimate of drug-likeness (QED) is 0.210. The van der Waals surface area contributed by atoms with Crippen molar-refractivity contribution in [2.45, 2.75) is 25.0 Å². The van der Waals surface area contributed by atoms with Crippen LogP contribution in [0.5, 0.6) is 11.5 Å². The summed E-state index contributed by atoms with van der Waals surface area (Å²) in [5.41, 5.74) is 1.94. The molecule has 1 N–H and O–H groups in total. The van der Waals surface area contributed by atoms with Gasteiger partial charge in [-0.25, -0.2) is 0 Å². The number of aromatic nitrogens is 1. The fourth-order valence-electron chi connectivity index (χ4n) is 6.70. The Kier molecular flexibility index (Phi) is 5.37. The van der Waals surface area contributed by atoms with Gasteiger partial charge >= 0.3 is 0 Å². The van der Waals surface area contributed by atoms with Gasteiger partial charge in [0.1, 0.15) is 17.6 Å². The molecule has 1 unspecified atom stereocenters. The van der Waals surface area contributed by atoms with Crippen LogP contribution in [0.1, 0.15) is 24.5 Å². The number of hydrogen-bond donors (Lipinski definition) is 1. The minimum Gasteiger partial charge on any atom is -0.508 e. The minimum absolute atomic E-state index is 0.196. The number of fused-ring (bicyclic) bond motifs is 7. The van der Waals surface area contributed by atoms with E-state index in [1.165, 1.54) is 22.6 Å². The highest BCUT2D eigenvalue weighted by molar-refractivity contribution is 6.09. The lowest BCUT2D eigenvalue weighted by Crippen LogP contribution is -2.55. The van der Waals surface area contributed by atoms with E-state index in [9.17, 15) is 5.11 Å². The predicted octanol–water partition coefficient (Wildman–Crippen LogP) is 7.26. The molecule has 4 heteroatoms. The van der Waals surface area contributed by atoms with Crippen molar-refractivity contribution in [3.05, 3.63) is 103 Å². The van der Waals surface area contributed by atoms with E-state index in [4.69, 9.17) is 4.74 Å². The zero-order valence-electron chi connectivity index (χ0n) is 20.8. The van der Waals surface area contributed by atoms with Gasteiger partial charge in [-0.1, -0.05) is 54.6 Å². The molecule has 37 heavy (non-hydrogen) atoms. The molecule has 184 valence electrons. The zero-order chi connectivity index (χ0) is 24.9. The van der Waals surface area contributed by atoms with Gasteiger partial charge in [0.2, 0.25) is 0 Å².